The zero-order valence-electron chi connectivity index (χ0n) is 16.2. The van der Waals surface area contributed by atoms with Crippen LogP contribution in [0.3, 0.4) is 0 Å². The van der Waals surface area contributed by atoms with Crippen LogP contribution in [-0.4, -0.2) is 32.8 Å². The molecule has 0 saturated heterocycles. The van der Waals surface area contributed by atoms with Crippen LogP contribution >= 0.6 is 0 Å². The first-order valence-corrected chi connectivity index (χ1v) is 9.01. The average molecular weight is 404 g/mol. The molecule has 0 radical (unpaired) electrons. The van der Waals surface area contributed by atoms with Gasteiger partial charge in [-0.05, 0) is 35.9 Å². The van der Waals surface area contributed by atoms with Gasteiger partial charge in [0.15, 0.2) is 0 Å². The summed E-state index contributed by atoms with van der Waals surface area (Å²) in [7, 11) is 0. The number of fused-ring (bicyclic) bond motifs is 1. The molecule has 0 spiro atoms. The third-order valence-electron chi connectivity index (χ3n) is 3.99. The van der Waals surface area contributed by atoms with E-state index in [1.165, 1.54) is 0 Å². The second-order valence-corrected chi connectivity index (χ2v) is 6.30. The maximum absolute atomic E-state index is 12.4. The van der Waals surface area contributed by atoms with Crippen LogP contribution in [0.4, 0.5) is 17.5 Å². The topological polar surface area (TPSA) is 143 Å². The summed E-state index contributed by atoms with van der Waals surface area (Å²) in [6.45, 7) is 1.63. The van der Waals surface area contributed by atoms with Gasteiger partial charge in [0.25, 0.3) is 11.9 Å². The Morgan fingerprint density at radius 1 is 1.10 bits per heavy atom. The van der Waals surface area contributed by atoms with E-state index in [2.05, 4.69) is 25.6 Å². The number of carbonyl (C=O) groups excluding carboxylic acids is 1. The van der Waals surface area contributed by atoms with Crippen LogP contribution < -0.4 is 16.4 Å². The fraction of sp³-hybridized carbons (Fsp3) is 0.0952. The van der Waals surface area contributed by atoms with Crippen LogP contribution in [0.25, 0.3) is 0 Å². The highest BCUT2D eigenvalue weighted by molar-refractivity contribution is 6.14. The van der Waals surface area contributed by atoms with Gasteiger partial charge < -0.3 is 21.5 Å². The lowest BCUT2D eigenvalue weighted by Crippen LogP contribution is -2.30. The second kappa shape index (κ2) is 9.28. The molecule has 4 rings (SSSR count). The highest BCUT2D eigenvalue weighted by Gasteiger charge is 2.19. The van der Waals surface area contributed by atoms with Gasteiger partial charge in [0.2, 0.25) is 5.95 Å². The number of amides is 1. The van der Waals surface area contributed by atoms with Crippen molar-refractivity contribution >= 4 is 35.2 Å². The maximum atomic E-state index is 12.4. The molecule has 0 bridgehead atoms. The highest BCUT2D eigenvalue weighted by Crippen LogP contribution is 2.24. The predicted molar refractivity (Wildman–Crippen MR) is 114 cm³/mol. The van der Waals surface area contributed by atoms with Crippen molar-refractivity contribution < 1.29 is 14.7 Å². The molecule has 0 aliphatic carbocycles. The van der Waals surface area contributed by atoms with E-state index >= 15 is 0 Å². The predicted octanol–water partition coefficient (Wildman–Crippen LogP) is 2.58. The van der Waals surface area contributed by atoms with Crippen molar-refractivity contribution in [2.45, 2.75) is 13.5 Å². The average Bonchev–Trinajstić information content (AvgIpc) is 3.10. The van der Waals surface area contributed by atoms with Gasteiger partial charge in [-0.2, -0.15) is 4.98 Å². The van der Waals surface area contributed by atoms with Gasteiger partial charge in [-0.1, -0.05) is 24.3 Å². The summed E-state index contributed by atoms with van der Waals surface area (Å²) in [5.41, 5.74) is 8.97. The lowest BCUT2D eigenvalue weighted by molar-refractivity contribution is -0.134. The number of aliphatic carboxylic acids is 1. The number of amidine groups is 1. The van der Waals surface area contributed by atoms with Crippen molar-refractivity contribution in [3.8, 4) is 0 Å². The van der Waals surface area contributed by atoms with Crippen LogP contribution in [0.15, 0.2) is 65.8 Å². The molecule has 30 heavy (non-hydrogen) atoms. The molecule has 5 N–H and O–H groups in total. The molecular weight excluding hydrogens is 384 g/mol. The molecule has 1 aliphatic rings. The Morgan fingerprint density at radius 2 is 1.83 bits per heavy atom. The molecule has 9 nitrogen and oxygen atoms in total. The van der Waals surface area contributed by atoms with Crippen LogP contribution in [0.2, 0.25) is 0 Å². The third-order valence-corrected chi connectivity index (χ3v) is 3.99. The number of nitrogen functional groups attached to an aromatic ring is 1. The molecule has 1 amide bonds. The number of rotatable bonds is 3. The molecular formula is C21H20N6O3. The summed E-state index contributed by atoms with van der Waals surface area (Å²) in [5, 5.41) is 13.5. The number of carbonyl (C=O) groups is 2. The Kier molecular flexibility index (Phi) is 6.33. The number of aromatic nitrogens is 2. The maximum Gasteiger partial charge on any atom is 0.300 e. The number of carboxylic acids is 1. The SMILES string of the molecule is CC(=O)O.Nc1nccc(Nc2ccc3c(c2)C(NC(=O)c2ccccc2)=NC3)n1. The standard InChI is InChI=1S/C19H16N6O.C2H4O2/c20-19-21-9-8-16(24-19)23-14-7-6-13-11-22-17(15(13)10-14)25-18(26)12-4-2-1-3-5-12;1-2(3)4/h1-10H,11H2,(H,22,25,26)(H3,20,21,23,24);1H3,(H,3,4). The molecule has 2 aromatic carbocycles. The summed E-state index contributed by atoms with van der Waals surface area (Å²) in [4.78, 5) is 33.8. The molecule has 0 fully saturated rings. The van der Waals surface area contributed by atoms with Crippen LogP contribution in [0.1, 0.15) is 28.4 Å². The van der Waals surface area contributed by atoms with Gasteiger partial charge in [0, 0.05) is 29.9 Å². The van der Waals surface area contributed by atoms with Crippen molar-refractivity contribution in [1.82, 2.24) is 15.3 Å². The van der Waals surface area contributed by atoms with E-state index < -0.39 is 5.97 Å². The molecule has 0 unspecified atom stereocenters. The van der Waals surface area contributed by atoms with Gasteiger partial charge in [-0.25, -0.2) is 4.98 Å². The molecule has 1 aromatic heterocycles. The minimum atomic E-state index is -0.833. The Bertz CT molecular complexity index is 1090. The molecule has 0 atom stereocenters. The summed E-state index contributed by atoms with van der Waals surface area (Å²) in [6.07, 6.45) is 1.59. The first-order valence-electron chi connectivity index (χ1n) is 9.01. The van der Waals surface area contributed by atoms with Gasteiger partial charge in [0.05, 0.1) is 6.54 Å². The van der Waals surface area contributed by atoms with E-state index in [0.29, 0.717) is 23.8 Å². The molecule has 9 heteroatoms. The zero-order chi connectivity index (χ0) is 21.5. The summed E-state index contributed by atoms with van der Waals surface area (Å²) < 4.78 is 0. The Morgan fingerprint density at radius 3 is 2.53 bits per heavy atom. The molecule has 1 aliphatic heterocycles. The second-order valence-electron chi connectivity index (χ2n) is 6.30. The van der Waals surface area contributed by atoms with Crippen molar-refractivity contribution in [3.63, 3.8) is 0 Å². The summed E-state index contributed by atoms with van der Waals surface area (Å²) >= 11 is 0. The van der Waals surface area contributed by atoms with Crippen molar-refractivity contribution in [3.05, 3.63) is 77.5 Å². The number of hydrogen-bond donors (Lipinski definition) is 4. The van der Waals surface area contributed by atoms with E-state index in [4.69, 9.17) is 15.6 Å². The molecule has 152 valence electrons. The zero-order valence-corrected chi connectivity index (χ0v) is 16.2. The van der Waals surface area contributed by atoms with Gasteiger partial charge in [-0.3, -0.25) is 14.6 Å². The number of benzene rings is 2. The summed E-state index contributed by atoms with van der Waals surface area (Å²) in [6, 6.07) is 16.6. The van der Waals surface area contributed by atoms with Gasteiger partial charge in [0.1, 0.15) is 11.7 Å². The first-order chi connectivity index (χ1) is 14.4. The van der Waals surface area contributed by atoms with Crippen molar-refractivity contribution in [2.75, 3.05) is 11.1 Å². The van der Waals surface area contributed by atoms with Crippen molar-refractivity contribution in [2.24, 2.45) is 4.99 Å². The minimum Gasteiger partial charge on any atom is -0.481 e. The molecule has 3 aromatic rings. The van der Waals surface area contributed by atoms with E-state index in [0.717, 1.165) is 23.7 Å². The van der Waals surface area contributed by atoms with Crippen LogP contribution in [0.5, 0.6) is 0 Å². The number of hydrogen-bond acceptors (Lipinski definition) is 7. The Hall–Kier alpha value is -4.27. The monoisotopic (exact) mass is 404 g/mol. The first kappa shape index (κ1) is 20.5. The number of nitrogens with zero attached hydrogens (tertiary/aromatic N) is 3. The van der Waals surface area contributed by atoms with E-state index in [1.54, 1.807) is 24.4 Å². The van der Waals surface area contributed by atoms with E-state index in [9.17, 15) is 4.79 Å². The number of carboxylic acid groups (broad SMARTS) is 1. The largest absolute Gasteiger partial charge is 0.481 e. The molecule has 0 saturated carbocycles. The number of aliphatic imine (C=N–C) groups is 1. The van der Waals surface area contributed by atoms with Crippen LogP contribution in [0, 0.1) is 0 Å². The van der Waals surface area contributed by atoms with E-state index in [-0.39, 0.29) is 11.9 Å². The molecule has 2 heterocycles. The number of nitrogens with two attached hydrogens (primary N) is 1. The lowest BCUT2D eigenvalue weighted by atomic mass is 10.1. The number of anilines is 3. The fourth-order valence-corrected chi connectivity index (χ4v) is 2.73. The fourth-order valence-electron chi connectivity index (χ4n) is 2.73. The van der Waals surface area contributed by atoms with Crippen molar-refractivity contribution in [1.29, 1.82) is 0 Å². The minimum absolute atomic E-state index is 0.181. The summed E-state index contributed by atoms with van der Waals surface area (Å²) in [5.74, 6) is 0.356. The third kappa shape index (κ3) is 5.38. The van der Waals surface area contributed by atoms with Gasteiger partial charge >= 0.3 is 0 Å². The number of nitrogens with one attached hydrogen (secondary N) is 2. The van der Waals surface area contributed by atoms with Gasteiger partial charge in [-0.15, -0.1) is 0 Å². The smallest absolute Gasteiger partial charge is 0.300 e. The van der Waals surface area contributed by atoms with E-state index in [1.807, 2.05) is 36.4 Å². The Balaban J connectivity index is 0.000000589. The van der Waals surface area contributed by atoms with Crippen LogP contribution in [-0.2, 0) is 11.3 Å². The normalized spacial score (nSPS) is 11.4. The Labute approximate surface area is 172 Å². The highest BCUT2D eigenvalue weighted by atomic mass is 16.4. The quantitative estimate of drug-likeness (QED) is 0.525. The lowest BCUT2D eigenvalue weighted by Gasteiger charge is -2.10.